The Hall–Kier alpha value is -1.51. The average Bonchev–Trinajstić information content (AvgIpc) is 2.87. The van der Waals surface area contributed by atoms with Crippen LogP contribution in [0.1, 0.15) is 10.4 Å². The van der Waals surface area contributed by atoms with Gasteiger partial charge in [-0.1, -0.05) is 11.3 Å². The first-order chi connectivity index (χ1) is 8.66. The van der Waals surface area contributed by atoms with E-state index in [1.54, 1.807) is 0 Å². The summed E-state index contributed by atoms with van der Waals surface area (Å²) in [5, 5.41) is 17.8. The first-order valence-electron chi connectivity index (χ1n) is 5.50. The van der Waals surface area contributed by atoms with E-state index in [0.29, 0.717) is 25.3 Å². The number of ether oxygens (including phenoxy) is 1. The highest BCUT2D eigenvalue weighted by atomic mass is 32.1. The molecule has 0 aromatic carbocycles. The molecule has 1 unspecified atom stereocenters. The summed E-state index contributed by atoms with van der Waals surface area (Å²) in [5.74, 6) is -0.312. The lowest BCUT2D eigenvalue weighted by molar-refractivity contribution is -0.380. The summed E-state index contributed by atoms with van der Waals surface area (Å²) >= 11 is 0.944. The number of morpholine rings is 1. The van der Waals surface area contributed by atoms with Crippen molar-refractivity contribution in [2.24, 2.45) is 0 Å². The van der Waals surface area contributed by atoms with Crippen molar-refractivity contribution < 1.29 is 14.5 Å². The predicted molar refractivity (Wildman–Crippen MR) is 65.9 cm³/mol. The number of thiophene rings is 1. The summed E-state index contributed by atoms with van der Waals surface area (Å²) in [6.07, 6.45) is -0.0451. The van der Waals surface area contributed by atoms with Gasteiger partial charge in [-0.25, -0.2) is 0 Å². The first kappa shape index (κ1) is 12.9. The van der Waals surface area contributed by atoms with Gasteiger partial charge in [0.15, 0.2) is 0 Å². The molecule has 0 spiro atoms. The van der Waals surface area contributed by atoms with Crippen LogP contribution in [-0.4, -0.2) is 43.2 Å². The largest absolute Gasteiger partial charge is 0.374 e. The van der Waals surface area contributed by atoms with Gasteiger partial charge in [0.2, 0.25) is 0 Å². The molecular weight excluding hydrogens is 258 g/mol. The van der Waals surface area contributed by atoms with E-state index >= 15 is 0 Å². The SMILES string of the molecule is O=C(NCC1CNCCO1)c1csc([N+](=O)[O-])c1. The first-order valence-corrected chi connectivity index (χ1v) is 6.38. The van der Waals surface area contributed by atoms with E-state index in [1.165, 1.54) is 11.4 Å². The highest BCUT2D eigenvalue weighted by Gasteiger charge is 2.17. The standard InChI is InChI=1S/C10H13N3O4S/c14-10(7-3-9(13(15)16)18-6-7)12-5-8-4-11-1-2-17-8/h3,6,8,11H,1-2,4-5H2,(H,12,14). The van der Waals surface area contributed by atoms with E-state index < -0.39 is 4.92 Å². The number of carbonyl (C=O) groups is 1. The minimum Gasteiger partial charge on any atom is -0.374 e. The Kier molecular flexibility index (Phi) is 4.24. The maximum absolute atomic E-state index is 11.7. The van der Waals surface area contributed by atoms with Crippen LogP contribution in [0.25, 0.3) is 0 Å². The molecule has 2 N–H and O–H groups in total. The Morgan fingerprint density at radius 3 is 3.17 bits per heavy atom. The topological polar surface area (TPSA) is 93.5 Å². The molecule has 0 saturated carbocycles. The number of hydrogen-bond donors (Lipinski definition) is 2. The number of carbonyl (C=O) groups excluding carboxylic acids is 1. The third kappa shape index (κ3) is 3.25. The van der Waals surface area contributed by atoms with Crippen LogP contribution in [-0.2, 0) is 4.74 Å². The number of amides is 1. The van der Waals surface area contributed by atoms with Crippen molar-refractivity contribution in [2.45, 2.75) is 6.10 Å². The van der Waals surface area contributed by atoms with Crippen LogP contribution in [0.4, 0.5) is 5.00 Å². The number of rotatable bonds is 4. The summed E-state index contributed by atoms with van der Waals surface area (Å²) in [6.45, 7) is 2.55. The summed E-state index contributed by atoms with van der Waals surface area (Å²) < 4.78 is 5.42. The summed E-state index contributed by atoms with van der Waals surface area (Å²) in [7, 11) is 0. The molecule has 1 aromatic rings. The second kappa shape index (κ2) is 5.89. The molecule has 2 heterocycles. The predicted octanol–water partition coefficient (Wildman–Crippen LogP) is 0.375. The van der Waals surface area contributed by atoms with Crippen molar-refractivity contribution in [1.82, 2.24) is 10.6 Å². The van der Waals surface area contributed by atoms with Crippen molar-refractivity contribution in [3.05, 3.63) is 27.1 Å². The summed E-state index contributed by atoms with van der Waals surface area (Å²) in [5.41, 5.74) is 0.315. The molecule has 1 fully saturated rings. The Balaban J connectivity index is 1.84. The van der Waals surface area contributed by atoms with Crippen LogP contribution < -0.4 is 10.6 Å². The molecule has 1 amide bonds. The van der Waals surface area contributed by atoms with Crippen LogP contribution in [0.5, 0.6) is 0 Å². The molecule has 1 aromatic heterocycles. The van der Waals surface area contributed by atoms with Gasteiger partial charge in [-0.2, -0.15) is 0 Å². The van der Waals surface area contributed by atoms with Gasteiger partial charge < -0.3 is 15.4 Å². The fourth-order valence-corrected chi connectivity index (χ4v) is 2.30. The normalized spacial score (nSPS) is 19.4. The van der Waals surface area contributed by atoms with Crippen LogP contribution in [0, 0.1) is 10.1 Å². The summed E-state index contributed by atoms with van der Waals surface area (Å²) in [4.78, 5) is 21.7. The fraction of sp³-hybridized carbons (Fsp3) is 0.500. The molecule has 2 rings (SSSR count). The van der Waals surface area contributed by atoms with Gasteiger partial charge in [0.05, 0.1) is 23.2 Å². The lowest BCUT2D eigenvalue weighted by Crippen LogP contribution is -2.45. The smallest absolute Gasteiger partial charge is 0.324 e. The molecule has 1 saturated heterocycles. The van der Waals surface area contributed by atoms with Crippen LogP contribution in [0.2, 0.25) is 0 Å². The Morgan fingerprint density at radius 2 is 2.56 bits per heavy atom. The van der Waals surface area contributed by atoms with Crippen LogP contribution >= 0.6 is 11.3 Å². The second-order valence-corrected chi connectivity index (χ2v) is 4.73. The van der Waals surface area contributed by atoms with Crippen LogP contribution in [0.3, 0.4) is 0 Å². The number of nitro groups is 1. The fourth-order valence-electron chi connectivity index (χ4n) is 1.60. The number of hydrogen-bond acceptors (Lipinski definition) is 6. The van der Waals surface area contributed by atoms with E-state index in [0.717, 1.165) is 17.9 Å². The van der Waals surface area contributed by atoms with Crippen molar-refractivity contribution in [3.8, 4) is 0 Å². The number of nitrogens with zero attached hydrogens (tertiary/aromatic N) is 1. The van der Waals surface area contributed by atoms with E-state index in [2.05, 4.69) is 10.6 Å². The van der Waals surface area contributed by atoms with Crippen molar-refractivity contribution in [3.63, 3.8) is 0 Å². The third-order valence-corrected chi connectivity index (χ3v) is 3.40. The highest BCUT2D eigenvalue weighted by molar-refractivity contribution is 7.13. The maximum Gasteiger partial charge on any atom is 0.324 e. The molecule has 1 aliphatic rings. The zero-order valence-electron chi connectivity index (χ0n) is 9.55. The molecule has 0 bridgehead atoms. The molecule has 98 valence electrons. The Bertz CT molecular complexity index is 442. The van der Waals surface area contributed by atoms with Crippen LogP contribution in [0.15, 0.2) is 11.4 Å². The molecule has 1 aliphatic heterocycles. The minimum absolute atomic E-state index is 0.0317. The monoisotopic (exact) mass is 271 g/mol. The van der Waals surface area contributed by atoms with E-state index in [9.17, 15) is 14.9 Å². The van der Waals surface area contributed by atoms with Gasteiger partial charge in [0.1, 0.15) is 0 Å². The summed E-state index contributed by atoms with van der Waals surface area (Å²) in [6, 6.07) is 1.28. The molecule has 18 heavy (non-hydrogen) atoms. The lowest BCUT2D eigenvalue weighted by Gasteiger charge is -2.23. The van der Waals surface area contributed by atoms with Crippen molar-refractivity contribution in [1.29, 1.82) is 0 Å². The van der Waals surface area contributed by atoms with E-state index in [-0.39, 0.29) is 17.0 Å². The van der Waals surface area contributed by atoms with E-state index in [1.807, 2.05) is 0 Å². The highest BCUT2D eigenvalue weighted by Crippen LogP contribution is 2.22. The van der Waals surface area contributed by atoms with Gasteiger partial charge in [0, 0.05) is 31.1 Å². The molecule has 8 heteroatoms. The Labute approximate surface area is 107 Å². The molecule has 1 atom stereocenters. The van der Waals surface area contributed by atoms with Gasteiger partial charge in [-0.05, 0) is 0 Å². The average molecular weight is 271 g/mol. The molecule has 0 radical (unpaired) electrons. The quantitative estimate of drug-likeness (QED) is 0.609. The third-order valence-electron chi connectivity index (χ3n) is 2.52. The minimum atomic E-state index is -0.504. The Morgan fingerprint density at radius 1 is 1.72 bits per heavy atom. The van der Waals surface area contributed by atoms with E-state index in [4.69, 9.17) is 4.74 Å². The molecular formula is C10H13N3O4S. The molecule has 0 aliphatic carbocycles. The zero-order chi connectivity index (χ0) is 13.0. The van der Waals surface area contributed by atoms with Gasteiger partial charge in [-0.3, -0.25) is 14.9 Å². The van der Waals surface area contributed by atoms with Crippen molar-refractivity contribution in [2.75, 3.05) is 26.2 Å². The van der Waals surface area contributed by atoms with Gasteiger partial charge >= 0.3 is 5.00 Å². The van der Waals surface area contributed by atoms with Gasteiger partial charge in [-0.15, -0.1) is 0 Å². The van der Waals surface area contributed by atoms with Gasteiger partial charge in [0.25, 0.3) is 5.91 Å². The maximum atomic E-state index is 11.7. The number of nitrogens with one attached hydrogen (secondary N) is 2. The zero-order valence-corrected chi connectivity index (χ0v) is 10.4. The molecule has 7 nitrogen and oxygen atoms in total. The van der Waals surface area contributed by atoms with Crippen molar-refractivity contribution >= 4 is 22.2 Å². The lowest BCUT2D eigenvalue weighted by atomic mass is 10.2. The second-order valence-electron chi connectivity index (χ2n) is 3.84.